The molecule has 0 saturated carbocycles. The molecule has 0 saturated heterocycles. The molecule has 0 aliphatic carbocycles. The van der Waals surface area contributed by atoms with Crippen molar-refractivity contribution in [1.29, 1.82) is 0 Å². The van der Waals surface area contributed by atoms with Crippen LogP contribution < -0.4 is 10.5 Å². The minimum atomic E-state index is -0.473. The number of nitrogen functional groups attached to an aromatic ring is 1. The van der Waals surface area contributed by atoms with Gasteiger partial charge in [-0.3, -0.25) is 0 Å². The van der Waals surface area contributed by atoms with E-state index in [0.717, 1.165) is 5.56 Å². The standard InChI is InChI=1S/C15H14ClNO3/c1-19-15(18)12-7-6-11(17)8-14(12)20-9-10-4-2-3-5-13(10)16/h2-8H,9,17H2,1H3. The predicted molar refractivity (Wildman–Crippen MR) is 78.0 cm³/mol. The Balaban J connectivity index is 2.22. The molecule has 20 heavy (non-hydrogen) atoms. The van der Waals surface area contributed by atoms with Gasteiger partial charge in [-0.25, -0.2) is 4.79 Å². The maximum absolute atomic E-state index is 11.7. The monoisotopic (exact) mass is 291 g/mol. The highest BCUT2D eigenvalue weighted by Gasteiger charge is 2.13. The third kappa shape index (κ3) is 3.22. The van der Waals surface area contributed by atoms with Gasteiger partial charge in [0.1, 0.15) is 17.9 Å². The fourth-order valence-electron chi connectivity index (χ4n) is 1.71. The van der Waals surface area contributed by atoms with E-state index >= 15 is 0 Å². The first kappa shape index (κ1) is 14.2. The first-order chi connectivity index (χ1) is 9.61. The molecule has 0 unspecified atom stereocenters. The van der Waals surface area contributed by atoms with Crippen molar-refractivity contribution < 1.29 is 14.3 Å². The number of nitrogens with two attached hydrogens (primary N) is 1. The smallest absolute Gasteiger partial charge is 0.341 e. The summed E-state index contributed by atoms with van der Waals surface area (Å²) in [5.41, 5.74) is 7.37. The van der Waals surface area contributed by atoms with Gasteiger partial charge in [-0.05, 0) is 18.2 Å². The van der Waals surface area contributed by atoms with Gasteiger partial charge in [0, 0.05) is 22.3 Å². The number of carbonyl (C=O) groups is 1. The minimum absolute atomic E-state index is 0.243. The molecule has 104 valence electrons. The Labute approximate surface area is 122 Å². The van der Waals surface area contributed by atoms with Crippen molar-refractivity contribution in [2.45, 2.75) is 6.61 Å². The lowest BCUT2D eigenvalue weighted by atomic mass is 10.2. The summed E-state index contributed by atoms with van der Waals surface area (Å²) < 4.78 is 10.3. The molecule has 0 aliphatic rings. The van der Waals surface area contributed by atoms with E-state index in [9.17, 15) is 4.79 Å². The molecule has 0 bridgehead atoms. The van der Waals surface area contributed by atoms with E-state index < -0.39 is 5.97 Å². The highest BCUT2D eigenvalue weighted by molar-refractivity contribution is 6.31. The van der Waals surface area contributed by atoms with Crippen LogP contribution in [0.15, 0.2) is 42.5 Å². The average Bonchev–Trinajstić information content (AvgIpc) is 2.46. The van der Waals surface area contributed by atoms with Gasteiger partial charge in [0.15, 0.2) is 0 Å². The Bertz CT molecular complexity index is 628. The third-order valence-electron chi connectivity index (χ3n) is 2.75. The van der Waals surface area contributed by atoms with Crippen LogP contribution in [0.25, 0.3) is 0 Å². The average molecular weight is 292 g/mol. The molecule has 0 amide bonds. The van der Waals surface area contributed by atoms with E-state index in [1.54, 1.807) is 24.3 Å². The lowest BCUT2D eigenvalue weighted by Gasteiger charge is -2.11. The lowest BCUT2D eigenvalue weighted by Crippen LogP contribution is -2.06. The molecule has 0 heterocycles. The summed E-state index contributed by atoms with van der Waals surface area (Å²) in [6.07, 6.45) is 0. The Morgan fingerprint density at radius 3 is 2.70 bits per heavy atom. The van der Waals surface area contributed by atoms with Crippen LogP contribution in [0.3, 0.4) is 0 Å². The summed E-state index contributed by atoms with van der Waals surface area (Å²) in [4.78, 5) is 11.7. The zero-order valence-corrected chi connectivity index (χ0v) is 11.7. The topological polar surface area (TPSA) is 61.5 Å². The van der Waals surface area contributed by atoms with Crippen molar-refractivity contribution in [2.75, 3.05) is 12.8 Å². The number of carbonyl (C=O) groups excluding carboxylic acids is 1. The molecule has 2 aromatic rings. The largest absolute Gasteiger partial charge is 0.488 e. The summed E-state index contributed by atoms with van der Waals surface area (Å²) in [7, 11) is 1.32. The number of benzene rings is 2. The summed E-state index contributed by atoms with van der Waals surface area (Å²) in [5.74, 6) is -0.101. The maximum Gasteiger partial charge on any atom is 0.341 e. The molecule has 0 aliphatic heterocycles. The fraction of sp³-hybridized carbons (Fsp3) is 0.133. The van der Waals surface area contributed by atoms with Crippen LogP contribution >= 0.6 is 11.6 Å². The molecule has 5 heteroatoms. The second kappa shape index (κ2) is 6.30. The van der Waals surface area contributed by atoms with Crippen LogP contribution in [-0.4, -0.2) is 13.1 Å². The molecular formula is C15H14ClNO3. The summed E-state index contributed by atoms with van der Waals surface area (Å²) in [5, 5.41) is 0.607. The molecule has 0 aromatic heterocycles. The molecule has 2 aromatic carbocycles. The van der Waals surface area contributed by atoms with E-state index in [1.165, 1.54) is 7.11 Å². The molecule has 0 radical (unpaired) electrons. The van der Waals surface area contributed by atoms with Crippen molar-refractivity contribution in [3.63, 3.8) is 0 Å². The third-order valence-corrected chi connectivity index (χ3v) is 3.12. The van der Waals surface area contributed by atoms with E-state index in [0.29, 0.717) is 22.0 Å². The number of esters is 1. The van der Waals surface area contributed by atoms with E-state index in [-0.39, 0.29) is 6.61 Å². The first-order valence-corrected chi connectivity index (χ1v) is 6.33. The normalized spacial score (nSPS) is 10.1. The Hall–Kier alpha value is -2.20. The van der Waals surface area contributed by atoms with Gasteiger partial charge < -0.3 is 15.2 Å². The number of anilines is 1. The van der Waals surface area contributed by atoms with Crippen LogP contribution in [-0.2, 0) is 11.3 Å². The Kier molecular flexibility index (Phi) is 4.48. The predicted octanol–water partition coefficient (Wildman–Crippen LogP) is 3.29. The molecule has 0 spiro atoms. The van der Waals surface area contributed by atoms with Crippen LogP contribution in [0.2, 0.25) is 5.02 Å². The summed E-state index contributed by atoms with van der Waals surface area (Å²) in [6, 6.07) is 12.1. The summed E-state index contributed by atoms with van der Waals surface area (Å²) >= 11 is 6.06. The molecule has 0 fully saturated rings. The number of methoxy groups -OCH3 is 1. The van der Waals surface area contributed by atoms with Gasteiger partial charge in [-0.2, -0.15) is 0 Å². The fourth-order valence-corrected chi connectivity index (χ4v) is 1.90. The number of ether oxygens (including phenoxy) is 2. The quantitative estimate of drug-likeness (QED) is 0.693. The van der Waals surface area contributed by atoms with Crippen LogP contribution in [0.1, 0.15) is 15.9 Å². The molecule has 0 atom stereocenters. The highest BCUT2D eigenvalue weighted by Crippen LogP contribution is 2.25. The van der Waals surface area contributed by atoms with E-state index in [1.807, 2.05) is 18.2 Å². The molecule has 4 nitrogen and oxygen atoms in total. The number of hydrogen-bond acceptors (Lipinski definition) is 4. The van der Waals surface area contributed by atoms with Gasteiger partial charge in [-0.15, -0.1) is 0 Å². The first-order valence-electron chi connectivity index (χ1n) is 5.96. The van der Waals surface area contributed by atoms with Crippen LogP contribution in [0, 0.1) is 0 Å². The number of rotatable bonds is 4. The van der Waals surface area contributed by atoms with Gasteiger partial charge in [-0.1, -0.05) is 29.8 Å². The van der Waals surface area contributed by atoms with Gasteiger partial charge in [0.05, 0.1) is 7.11 Å². The second-order valence-electron chi connectivity index (χ2n) is 4.13. The van der Waals surface area contributed by atoms with Crippen molar-refractivity contribution in [2.24, 2.45) is 0 Å². The minimum Gasteiger partial charge on any atom is -0.488 e. The Morgan fingerprint density at radius 2 is 2.00 bits per heavy atom. The molecule has 2 rings (SSSR count). The van der Waals surface area contributed by atoms with E-state index in [2.05, 4.69) is 0 Å². The van der Waals surface area contributed by atoms with Crippen molar-refractivity contribution >= 4 is 23.3 Å². The zero-order chi connectivity index (χ0) is 14.5. The highest BCUT2D eigenvalue weighted by atomic mass is 35.5. The number of hydrogen-bond donors (Lipinski definition) is 1. The number of halogens is 1. The van der Waals surface area contributed by atoms with Crippen molar-refractivity contribution in [3.05, 3.63) is 58.6 Å². The molecular weight excluding hydrogens is 278 g/mol. The van der Waals surface area contributed by atoms with Crippen molar-refractivity contribution in [3.8, 4) is 5.75 Å². The Morgan fingerprint density at radius 1 is 1.25 bits per heavy atom. The lowest BCUT2D eigenvalue weighted by molar-refractivity contribution is 0.0595. The molecule has 2 N–H and O–H groups in total. The van der Waals surface area contributed by atoms with Crippen LogP contribution in [0.5, 0.6) is 5.75 Å². The second-order valence-corrected chi connectivity index (χ2v) is 4.53. The van der Waals surface area contributed by atoms with E-state index in [4.69, 9.17) is 26.8 Å². The summed E-state index contributed by atoms with van der Waals surface area (Å²) in [6.45, 7) is 0.243. The SMILES string of the molecule is COC(=O)c1ccc(N)cc1OCc1ccccc1Cl. The van der Waals surface area contributed by atoms with Crippen molar-refractivity contribution in [1.82, 2.24) is 0 Å². The van der Waals surface area contributed by atoms with Gasteiger partial charge >= 0.3 is 5.97 Å². The van der Waals surface area contributed by atoms with Crippen LogP contribution in [0.4, 0.5) is 5.69 Å². The maximum atomic E-state index is 11.7. The van der Waals surface area contributed by atoms with Gasteiger partial charge in [0.25, 0.3) is 0 Å². The van der Waals surface area contributed by atoms with Gasteiger partial charge in [0.2, 0.25) is 0 Å². The zero-order valence-electron chi connectivity index (χ0n) is 10.9.